The van der Waals surface area contributed by atoms with Gasteiger partial charge in [0.1, 0.15) is 6.04 Å². The van der Waals surface area contributed by atoms with Crippen LogP contribution in [0.3, 0.4) is 0 Å². The van der Waals surface area contributed by atoms with E-state index < -0.39 is 12.0 Å². The van der Waals surface area contributed by atoms with Crippen LogP contribution in [0.5, 0.6) is 0 Å². The molecule has 0 aliphatic carbocycles. The van der Waals surface area contributed by atoms with Crippen molar-refractivity contribution in [2.24, 2.45) is 5.73 Å². The maximum absolute atomic E-state index is 12.1. The number of unbranched alkanes of at least 4 members (excludes halogenated alkanes) is 3. The highest BCUT2D eigenvalue weighted by molar-refractivity contribution is 5.94. The maximum Gasteiger partial charge on any atom is 0.321 e. The summed E-state index contributed by atoms with van der Waals surface area (Å²) in [6.07, 6.45) is 3.82. The van der Waals surface area contributed by atoms with Crippen LogP contribution in [0.15, 0.2) is 18.2 Å². The standard InChI is InChI=1S/C18H29N3O3/c1-13-7-8-15(14(2)11-13)21-17(22)12-16(18(23)24)20-10-6-4-3-5-9-19/h7-8,11,16,20H,3-6,9-10,12,19H2,1-2H3,(H,21,22)(H,23,24)/t16-/m0/s1. The number of amides is 1. The fraction of sp³-hybridized carbons (Fsp3) is 0.556. The van der Waals surface area contributed by atoms with Crippen LogP contribution >= 0.6 is 0 Å². The van der Waals surface area contributed by atoms with Crippen LogP contribution in [0.4, 0.5) is 5.69 Å². The maximum atomic E-state index is 12.1. The van der Waals surface area contributed by atoms with E-state index in [4.69, 9.17) is 5.73 Å². The van der Waals surface area contributed by atoms with E-state index in [2.05, 4.69) is 10.6 Å². The van der Waals surface area contributed by atoms with E-state index in [1.165, 1.54) is 0 Å². The van der Waals surface area contributed by atoms with Gasteiger partial charge in [0.25, 0.3) is 0 Å². The summed E-state index contributed by atoms with van der Waals surface area (Å²) < 4.78 is 0. The van der Waals surface area contributed by atoms with Crippen molar-refractivity contribution in [3.05, 3.63) is 29.3 Å². The summed E-state index contributed by atoms with van der Waals surface area (Å²) in [6, 6.07) is 4.86. The highest BCUT2D eigenvalue weighted by atomic mass is 16.4. The second-order valence-electron chi connectivity index (χ2n) is 6.12. The zero-order chi connectivity index (χ0) is 17.9. The summed E-state index contributed by atoms with van der Waals surface area (Å²) >= 11 is 0. The number of benzene rings is 1. The molecule has 0 spiro atoms. The number of carbonyl (C=O) groups excluding carboxylic acids is 1. The fourth-order valence-corrected chi connectivity index (χ4v) is 2.49. The van der Waals surface area contributed by atoms with Crippen molar-refractivity contribution in [2.75, 3.05) is 18.4 Å². The van der Waals surface area contributed by atoms with Crippen LogP contribution in [0, 0.1) is 13.8 Å². The first kappa shape index (κ1) is 20.1. The lowest BCUT2D eigenvalue weighted by Gasteiger charge is -2.15. The Morgan fingerprint density at radius 1 is 1.17 bits per heavy atom. The Kier molecular flexibility index (Phi) is 9.04. The molecule has 0 fully saturated rings. The highest BCUT2D eigenvalue weighted by Gasteiger charge is 2.20. The smallest absolute Gasteiger partial charge is 0.321 e. The van der Waals surface area contributed by atoms with Crippen LogP contribution in [-0.2, 0) is 9.59 Å². The summed E-state index contributed by atoms with van der Waals surface area (Å²) in [6.45, 7) is 5.16. The quantitative estimate of drug-likeness (QED) is 0.464. The van der Waals surface area contributed by atoms with E-state index in [-0.39, 0.29) is 12.3 Å². The summed E-state index contributed by atoms with van der Waals surface area (Å²) in [5.74, 6) is -1.31. The van der Waals surface area contributed by atoms with Crippen LogP contribution in [0.1, 0.15) is 43.2 Å². The second-order valence-corrected chi connectivity index (χ2v) is 6.12. The van der Waals surface area contributed by atoms with Gasteiger partial charge >= 0.3 is 5.97 Å². The van der Waals surface area contributed by atoms with Gasteiger partial charge in [-0.25, -0.2) is 0 Å². The summed E-state index contributed by atoms with van der Waals surface area (Å²) in [4.78, 5) is 23.4. The van der Waals surface area contributed by atoms with Crippen molar-refractivity contribution >= 4 is 17.6 Å². The van der Waals surface area contributed by atoms with E-state index in [0.717, 1.165) is 42.5 Å². The molecule has 0 bridgehead atoms. The molecule has 5 N–H and O–H groups in total. The molecule has 1 aromatic carbocycles. The van der Waals surface area contributed by atoms with Gasteiger partial charge in [0, 0.05) is 5.69 Å². The minimum absolute atomic E-state index is 0.0918. The number of anilines is 1. The van der Waals surface area contributed by atoms with Crippen molar-refractivity contribution in [3.8, 4) is 0 Å². The molecule has 1 atom stereocenters. The van der Waals surface area contributed by atoms with E-state index >= 15 is 0 Å². The normalized spacial score (nSPS) is 12.0. The molecule has 6 nitrogen and oxygen atoms in total. The van der Waals surface area contributed by atoms with Crippen LogP contribution < -0.4 is 16.4 Å². The molecule has 0 heterocycles. The molecule has 24 heavy (non-hydrogen) atoms. The second kappa shape index (κ2) is 10.8. The number of hydrogen-bond donors (Lipinski definition) is 4. The van der Waals surface area contributed by atoms with Crippen LogP contribution in [0.25, 0.3) is 0 Å². The summed E-state index contributed by atoms with van der Waals surface area (Å²) in [7, 11) is 0. The van der Waals surface area contributed by atoms with E-state index in [0.29, 0.717) is 13.1 Å². The molecule has 6 heteroatoms. The molecule has 134 valence electrons. The Balaban J connectivity index is 2.43. The van der Waals surface area contributed by atoms with E-state index in [1.807, 2.05) is 32.0 Å². The van der Waals surface area contributed by atoms with Crippen LogP contribution in [0.2, 0.25) is 0 Å². The third-order valence-electron chi connectivity index (χ3n) is 3.87. The lowest BCUT2D eigenvalue weighted by molar-refractivity contribution is -0.141. The number of carbonyl (C=O) groups is 2. The van der Waals surface area contributed by atoms with Gasteiger partial charge in [0.15, 0.2) is 0 Å². The van der Waals surface area contributed by atoms with Gasteiger partial charge in [-0.1, -0.05) is 30.5 Å². The Labute approximate surface area is 143 Å². The van der Waals surface area contributed by atoms with Gasteiger partial charge in [0.2, 0.25) is 5.91 Å². The number of aryl methyl sites for hydroxylation is 2. The Bertz CT molecular complexity index is 546. The van der Waals surface area contributed by atoms with Crippen molar-refractivity contribution in [1.29, 1.82) is 0 Å². The molecule has 1 amide bonds. The van der Waals surface area contributed by atoms with Gasteiger partial charge in [-0.15, -0.1) is 0 Å². The predicted octanol–water partition coefficient (Wildman–Crippen LogP) is 2.19. The van der Waals surface area contributed by atoms with Crippen molar-refractivity contribution < 1.29 is 14.7 Å². The summed E-state index contributed by atoms with van der Waals surface area (Å²) in [5, 5.41) is 15.0. The highest BCUT2D eigenvalue weighted by Crippen LogP contribution is 2.16. The average Bonchev–Trinajstić information content (AvgIpc) is 2.52. The minimum atomic E-state index is -1.01. The lowest BCUT2D eigenvalue weighted by Crippen LogP contribution is -2.40. The molecule has 0 aliphatic rings. The number of nitrogens with one attached hydrogen (secondary N) is 2. The van der Waals surface area contributed by atoms with Gasteiger partial charge < -0.3 is 21.5 Å². The van der Waals surface area contributed by atoms with Crippen molar-refractivity contribution in [3.63, 3.8) is 0 Å². The van der Waals surface area contributed by atoms with Crippen LogP contribution in [-0.4, -0.2) is 36.1 Å². The topological polar surface area (TPSA) is 104 Å². The molecule has 1 aromatic rings. The lowest BCUT2D eigenvalue weighted by atomic mass is 10.1. The van der Waals surface area contributed by atoms with E-state index in [9.17, 15) is 14.7 Å². The van der Waals surface area contributed by atoms with Crippen molar-refractivity contribution in [2.45, 2.75) is 52.0 Å². The fourth-order valence-electron chi connectivity index (χ4n) is 2.49. The number of aliphatic carboxylic acids is 1. The Morgan fingerprint density at radius 3 is 2.50 bits per heavy atom. The first-order valence-corrected chi connectivity index (χ1v) is 8.47. The molecule has 0 aliphatic heterocycles. The number of carboxylic acids is 1. The monoisotopic (exact) mass is 335 g/mol. The zero-order valence-corrected chi connectivity index (χ0v) is 14.6. The molecule has 0 aromatic heterocycles. The molecule has 0 radical (unpaired) electrons. The Morgan fingerprint density at radius 2 is 1.88 bits per heavy atom. The average molecular weight is 335 g/mol. The van der Waals surface area contributed by atoms with Gasteiger partial charge in [0.05, 0.1) is 6.42 Å². The Hall–Kier alpha value is -1.92. The van der Waals surface area contributed by atoms with Gasteiger partial charge in [-0.3, -0.25) is 9.59 Å². The first-order valence-electron chi connectivity index (χ1n) is 8.47. The molecule has 0 unspecified atom stereocenters. The number of carboxylic acid groups (broad SMARTS) is 1. The predicted molar refractivity (Wildman–Crippen MR) is 96.1 cm³/mol. The van der Waals surface area contributed by atoms with E-state index in [1.54, 1.807) is 0 Å². The third-order valence-corrected chi connectivity index (χ3v) is 3.87. The third kappa shape index (κ3) is 7.57. The zero-order valence-electron chi connectivity index (χ0n) is 14.6. The van der Waals surface area contributed by atoms with Gasteiger partial charge in [-0.05, 0) is 51.4 Å². The molecule has 0 saturated carbocycles. The number of nitrogens with two attached hydrogens (primary N) is 1. The van der Waals surface area contributed by atoms with Gasteiger partial charge in [-0.2, -0.15) is 0 Å². The first-order chi connectivity index (χ1) is 11.4. The molecular weight excluding hydrogens is 306 g/mol. The van der Waals surface area contributed by atoms with Crippen molar-refractivity contribution in [1.82, 2.24) is 5.32 Å². The minimum Gasteiger partial charge on any atom is -0.480 e. The summed E-state index contributed by atoms with van der Waals surface area (Å²) in [5.41, 5.74) is 8.23. The number of hydrogen-bond acceptors (Lipinski definition) is 4. The largest absolute Gasteiger partial charge is 0.480 e. The number of rotatable bonds is 11. The molecule has 0 saturated heterocycles. The molecule has 1 rings (SSSR count). The SMILES string of the molecule is Cc1ccc(NC(=O)C[C@H](NCCCCCCN)C(=O)O)c(C)c1. The molecular formula is C18H29N3O3.